The van der Waals surface area contributed by atoms with Gasteiger partial charge in [0.05, 0.1) is 5.52 Å². The molecule has 0 unspecified atom stereocenters. The van der Waals surface area contributed by atoms with E-state index >= 15 is 0 Å². The number of anilines is 2. The highest BCUT2D eigenvalue weighted by Crippen LogP contribution is 2.19. The van der Waals surface area contributed by atoms with Crippen molar-refractivity contribution in [2.45, 2.75) is 0 Å². The summed E-state index contributed by atoms with van der Waals surface area (Å²) >= 11 is 0. The van der Waals surface area contributed by atoms with Gasteiger partial charge in [0.25, 0.3) is 0 Å². The number of H-pyrrole nitrogens is 1. The molecule has 1 heterocycles. The normalized spacial score (nSPS) is 10.8. The molecule has 0 aliphatic rings. The molecule has 6 heteroatoms. The van der Waals surface area contributed by atoms with Crippen LogP contribution in [0.5, 0.6) is 0 Å². The van der Waals surface area contributed by atoms with Gasteiger partial charge in [-0.1, -0.05) is 0 Å². The van der Waals surface area contributed by atoms with Gasteiger partial charge in [-0.2, -0.15) is 0 Å². The molecule has 0 bridgehead atoms. The van der Waals surface area contributed by atoms with Crippen LogP contribution in [0.4, 0.5) is 11.4 Å². The van der Waals surface area contributed by atoms with Gasteiger partial charge in [0.1, 0.15) is 0 Å². The topological polar surface area (TPSA) is 115 Å². The number of fused-ring (bicyclic) bond motifs is 1. The van der Waals surface area contributed by atoms with Crippen molar-refractivity contribution in [2.75, 3.05) is 11.5 Å². The van der Waals surface area contributed by atoms with E-state index in [1.807, 2.05) is 0 Å². The third-order valence-electron chi connectivity index (χ3n) is 2.92. The van der Waals surface area contributed by atoms with Gasteiger partial charge in [0.2, 0.25) is 0 Å². The van der Waals surface area contributed by atoms with E-state index in [9.17, 15) is 9.59 Å². The SMILES string of the molecule is Nc1cc(N)cc(C(=O)c2ccc3[nH]c(=O)oc3c2)c1. The minimum Gasteiger partial charge on any atom is -0.408 e. The van der Waals surface area contributed by atoms with E-state index in [0.29, 0.717) is 33.6 Å². The maximum Gasteiger partial charge on any atom is 0.417 e. The highest BCUT2D eigenvalue weighted by molar-refractivity contribution is 6.11. The zero-order chi connectivity index (χ0) is 14.3. The molecule has 2 aromatic carbocycles. The van der Waals surface area contributed by atoms with E-state index in [2.05, 4.69) is 4.98 Å². The second-order valence-electron chi connectivity index (χ2n) is 4.44. The lowest BCUT2D eigenvalue weighted by atomic mass is 10.0. The second-order valence-corrected chi connectivity index (χ2v) is 4.44. The van der Waals surface area contributed by atoms with Crippen molar-refractivity contribution in [2.24, 2.45) is 0 Å². The number of aromatic nitrogens is 1. The number of ketones is 1. The van der Waals surface area contributed by atoms with Crippen LogP contribution < -0.4 is 17.2 Å². The Kier molecular flexibility index (Phi) is 2.57. The average molecular weight is 269 g/mol. The van der Waals surface area contributed by atoms with E-state index in [-0.39, 0.29) is 5.78 Å². The summed E-state index contributed by atoms with van der Waals surface area (Å²) in [6.07, 6.45) is 0. The molecule has 0 aliphatic carbocycles. The first-order valence-electron chi connectivity index (χ1n) is 5.86. The number of nitrogens with two attached hydrogens (primary N) is 2. The highest BCUT2D eigenvalue weighted by Gasteiger charge is 2.12. The van der Waals surface area contributed by atoms with Crippen LogP contribution in [0.2, 0.25) is 0 Å². The molecule has 20 heavy (non-hydrogen) atoms. The van der Waals surface area contributed by atoms with E-state index in [1.54, 1.807) is 30.3 Å². The predicted octanol–water partition coefficient (Wildman–Crippen LogP) is 1.52. The van der Waals surface area contributed by atoms with Crippen LogP contribution in [-0.4, -0.2) is 10.8 Å². The number of rotatable bonds is 2. The summed E-state index contributed by atoms with van der Waals surface area (Å²) in [5.41, 5.74) is 13.8. The fourth-order valence-corrected chi connectivity index (χ4v) is 2.06. The standard InChI is InChI=1S/C14H11N3O3/c15-9-3-8(4-10(16)6-9)13(18)7-1-2-11-12(5-7)20-14(19)17-11/h1-6H,15-16H2,(H,17,19). The first kappa shape index (κ1) is 12.0. The summed E-state index contributed by atoms with van der Waals surface area (Å²) in [6, 6.07) is 9.41. The lowest BCUT2D eigenvalue weighted by molar-refractivity contribution is 0.103. The van der Waals surface area contributed by atoms with Crippen molar-refractivity contribution in [3.05, 3.63) is 58.1 Å². The van der Waals surface area contributed by atoms with Crippen LogP contribution >= 0.6 is 0 Å². The number of carbonyl (C=O) groups excluding carboxylic acids is 1. The molecule has 0 atom stereocenters. The summed E-state index contributed by atoms with van der Waals surface area (Å²) in [7, 11) is 0. The molecule has 5 N–H and O–H groups in total. The zero-order valence-electron chi connectivity index (χ0n) is 10.3. The van der Waals surface area contributed by atoms with Crippen LogP contribution in [-0.2, 0) is 0 Å². The van der Waals surface area contributed by atoms with Gasteiger partial charge in [0.15, 0.2) is 11.4 Å². The fraction of sp³-hybridized carbons (Fsp3) is 0. The third-order valence-corrected chi connectivity index (χ3v) is 2.92. The van der Waals surface area contributed by atoms with Crippen molar-refractivity contribution in [3.8, 4) is 0 Å². The number of hydrogen-bond acceptors (Lipinski definition) is 5. The van der Waals surface area contributed by atoms with Gasteiger partial charge in [-0.3, -0.25) is 9.78 Å². The first-order chi connectivity index (χ1) is 9.52. The number of oxazole rings is 1. The van der Waals surface area contributed by atoms with Crippen molar-refractivity contribution in [1.29, 1.82) is 0 Å². The molecular weight excluding hydrogens is 258 g/mol. The quantitative estimate of drug-likeness (QED) is 0.482. The number of nitrogens with one attached hydrogen (secondary N) is 1. The molecule has 3 aromatic rings. The third kappa shape index (κ3) is 2.03. The minimum absolute atomic E-state index is 0.241. The van der Waals surface area contributed by atoms with Crippen LogP contribution in [0, 0.1) is 0 Å². The van der Waals surface area contributed by atoms with Gasteiger partial charge in [-0.05, 0) is 36.4 Å². The van der Waals surface area contributed by atoms with Gasteiger partial charge >= 0.3 is 5.76 Å². The Morgan fingerprint density at radius 1 is 1.00 bits per heavy atom. The van der Waals surface area contributed by atoms with Crippen LogP contribution in [0.1, 0.15) is 15.9 Å². The maximum absolute atomic E-state index is 12.4. The number of nitrogen functional groups attached to an aromatic ring is 2. The average Bonchev–Trinajstić information content (AvgIpc) is 2.75. The fourth-order valence-electron chi connectivity index (χ4n) is 2.06. The van der Waals surface area contributed by atoms with E-state index < -0.39 is 5.76 Å². The predicted molar refractivity (Wildman–Crippen MR) is 75.5 cm³/mol. The van der Waals surface area contributed by atoms with Crippen LogP contribution in [0.3, 0.4) is 0 Å². The zero-order valence-corrected chi connectivity index (χ0v) is 10.3. The van der Waals surface area contributed by atoms with E-state index in [4.69, 9.17) is 15.9 Å². The molecule has 0 spiro atoms. The van der Waals surface area contributed by atoms with E-state index in [1.165, 1.54) is 6.07 Å². The van der Waals surface area contributed by atoms with Gasteiger partial charge in [-0.15, -0.1) is 0 Å². The molecule has 1 aromatic heterocycles. The smallest absolute Gasteiger partial charge is 0.408 e. The van der Waals surface area contributed by atoms with Crippen molar-refractivity contribution >= 4 is 28.3 Å². The van der Waals surface area contributed by atoms with Crippen LogP contribution in [0.15, 0.2) is 45.6 Å². The number of aromatic amines is 1. The summed E-state index contributed by atoms with van der Waals surface area (Å²) in [6.45, 7) is 0. The Bertz CT molecular complexity index is 856. The molecule has 0 fully saturated rings. The molecule has 0 amide bonds. The van der Waals surface area contributed by atoms with E-state index in [0.717, 1.165) is 0 Å². The lowest BCUT2D eigenvalue weighted by Gasteiger charge is -2.04. The molecule has 0 radical (unpaired) electrons. The van der Waals surface area contributed by atoms with Gasteiger partial charge in [0, 0.05) is 22.5 Å². The van der Waals surface area contributed by atoms with Crippen molar-refractivity contribution < 1.29 is 9.21 Å². The maximum atomic E-state index is 12.4. The highest BCUT2D eigenvalue weighted by atomic mass is 16.4. The largest absolute Gasteiger partial charge is 0.417 e. The minimum atomic E-state index is -0.558. The Morgan fingerprint density at radius 3 is 2.40 bits per heavy atom. The Labute approximate surface area is 113 Å². The Balaban J connectivity index is 2.09. The second kappa shape index (κ2) is 4.27. The molecule has 6 nitrogen and oxygen atoms in total. The molecule has 0 saturated heterocycles. The summed E-state index contributed by atoms with van der Waals surface area (Å²) in [5.74, 6) is -0.799. The summed E-state index contributed by atoms with van der Waals surface area (Å²) in [4.78, 5) is 26.0. The molecule has 0 saturated carbocycles. The van der Waals surface area contributed by atoms with Gasteiger partial charge < -0.3 is 15.9 Å². The Morgan fingerprint density at radius 2 is 1.70 bits per heavy atom. The lowest BCUT2D eigenvalue weighted by Crippen LogP contribution is -2.03. The Hall–Kier alpha value is -3.02. The van der Waals surface area contributed by atoms with Crippen LogP contribution in [0.25, 0.3) is 11.1 Å². The number of carbonyl (C=O) groups is 1. The molecule has 3 rings (SSSR count). The molecule has 100 valence electrons. The number of hydrogen-bond donors (Lipinski definition) is 3. The molecule has 0 aliphatic heterocycles. The monoisotopic (exact) mass is 269 g/mol. The summed E-state index contributed by atoms with van der Waals surface area (Å²) < 4.78 is 4.93. The van der Waals surface area contributed by atoms with Crippen molar-refractivity contribution in [1.82, 2.24) is 4.98 Å². The first-order valence-corrected chi connectivity index (χ1v) is 5.86. The van der Waals surface area contributed by atoms with Gasteiger partial charge in [-0.25, -0.2) is 4.79 Å². The molecular formula is C14H11N3O3. The van der Waals surface area contributed by atoms with Crippen molar-refractivity contribution in [3.63, 3.8) is 0 Å². The summed E-state index contributed by atoms with van der Waals surface area (Å²) in [5, 5.41) is 0. The number of benzene rings is 2.